The number of benzene rings is 6. The average molecular weight is 883 g/mol. The minimum Gasteiger partial charge on any atom is -1.00 e. The van der Waals surface area contributed by atoms with Crippen LogP contribution >= 0.6 is 0 Å². The first-order chi connectivity index (χ1) is 26.3. The van der Waals surface area contributed by atoms with E-state index in [0.29, 0.717) is 3.63 Å². The second-order valence-electron chi connectivity index (χ2n) is 20.6. The third-order valence-electron chi connectivity index (χ3n) is 12.2. The van der Waals surface area contributed by atoms with Gasteiger partial charge in [-0.2, -0.15) is 0 Å². The summed E-state index contributed by atoms with van der Waals surface area (Å²) < 4.78 is 3.72. The van der Waals surface area contributed by atoms with Gasteiger partial charge in [0.15, 0.2) is 0 Å². The van der Waals surface area contributed by atoms with E-state index in [2.05, 4.69) is 211 Å². The van der Waals surface area contributed by atoms with Gasteiger partial charge in [0.25, 0.3) is 0 Å². The van der Waals surface area contributed by atoms with Crippen LogP contribution < -0.4 is 28.1 Å². The monoisotopic (exact) mass is 880 g/mol. The van der Waals surface area contributed by atoms with Gasteiger partial charge in [-0.15, -0.1) is 0 Å². The molecule has 0 unspecified atom stereocenters. The summed E-state index contributed by atoms with van der Waals surface area (Å²) in [5.41, 5.74) is 14.9. The van der Waals surface area contributed by atoms with Crippen LogP contribution in [0.2, 0.25) is 3.63 Å². The Hall–Kier alpha value is -3.35. The fraction of sp³-hybridized carbons (Fsp3) is 0.327. The van der Waals surface area contributed by atoms with E-state index in [9.17, 15) is 0 Å². The molecule has 0 aliphatic heterocycles. The molecular weight excluding hydrogens is 823 g/mol. The second-order valence-corrected chi connectivity index (χ2v) is 26.8. The van der Waals surface area contributed by atoms with Gasteiger partial charge in [-0.05, 0) is 0 Å². The van der Waals surface area contributed by atoms with Gasteiger partial charge in [-0.1, -0.05) is 0 Å². The topological polar surface area (TPSA) is 0 Å². The maximum atomic E-state index is 2.65. The van der Waals surface area contributed by atoms with Crippen molar-refractivity contribution in [2.45, 2.75) is 115 Å². The normalized spacial score (nSPS) is 13.8. The fourth-order valence-corrected chi connectivity index (χ4v) is 18.8. The molecule has 2 aliphatic rings. The van der Waals surface area contributed by atoms with Crippen LogP contribution in [-0.2, 0) is 49.3 Å². The fourth-order valence-electron chi connectivity index (χ4n) is 9.54. The SMILES string of the molecule is CC(C)(C)c1cc2c(cc1C(C)(C)C)-c1cc(C(C)(C)C)c(C(C)(C)C)[c]([Zr+2](=[C](c3ccc4ccccc4c3)c3ccc4ccccc4c3)[CH]3C=CC=C3)c1C2.[Cl-].[Cl-]. The van der Waals surface area contributed by atoms with Gasteiger partial charge in [-0.25, -0.2) is 0 Å². The first-order valence-corrected chi connectivity index (χ1v) is 24.7. The molecule has 6 aromatic carbocycles. The Labute approximate surface area is 369 Å². The van der Waals surface area contributed by atoms with Crippen molar-refractivity contribution < 1.29 is 46.1 Å². The van der Waals surface area contributed by atoms with Crippen molar-refractivity contribution in [3.05, 3.63) is 172 Å². The molecule has 8 rings (SSSR count). The van der Waals surface area contributed by atoms with Gasteiger partial charge in [0, 0.05) is 0 Å². The molecule has 0 bridgehead atoms. The molecule has 3 heteroatoms. The number of halogens is 2. The molecule has 0 spiro atoms. The standard InChI is InChI=1S/C29H41.C21H14.C5H5.2ClH.Zr/c1-26(2,3)22-14-18-13-19-15-23(27(4,5)6)25(29(10,11)12)17-21(19)20(18)16-24(22)28(7,8)9;1-3-7-20-14-16(9-11-18(20)5-1)13-17-10-12-19-6-2-4-8-21(19)15-17;1-2-4-5-3-1;;;/h14,16-17H,13H2,1-12H3;1-12,14-15H;1-5H;2*1H;/q;;;;;+2/p-2. The third kappa shape index (κ3) is 8.11. The summed E-state index contributed by atoms with van der Waals surface area (Å²) in [5, 5.41) is 5.21. The Bertz CT molecular complexity index is 2550. The Morgan fingerprint density at radius 1 is 0.483 bits per heavy atom. The Balaban J connectivity index is 0.00000283. The third-order valence-corrected chi connectivity index (χ3v) is 20.2. The maximum absolute atomic E-state index is 3.06. The van der Waals surface area contributed by atoms with Gasteiger partial charge in [0.05, 0.1) is 0 Å². The first-order valence-electron chi connectivity index (χ1n) is 20.8. The zero-order valence-electron chi connectivity index (χ0n) is 36.7. The summed E-state index contributed by atoms with van der Waals surface area (Å²) in [7, 11) is 0. The van der Waals surface area contributed by atoms with Gasteiger partial charge in [-0.3, -0.25) is 0 Å². The number of hydrogen-bond acceptors (Lipinski definition) is 0. The van der Waals surface area contributed by atoms with Crippen LogP contribution in [0, 0.1) is 0 Å². The number of allylic oxidation sites excluding steroid dienone is 4. The second kappa shape index (κ2) is 15.9. The number of fused-ring (bicyclic) bond motifs is 5. The van der Waals surface area contributed by atoms with Crippen LogP contribution in [0.15, 0.2) is 127 Å². The van der Waals surface area contributed by atoms with E-state index in [-0.39, 0.29) is 46.5 Å². The quantitative estimate of drug-likeness (QED) is 0.168. The molecule has 2 aliphatic carbocycles. The van der Waals surface area contributed by atoms with Crippen LogP contribution in [0.5, 0.6) is 0 Å². The molecule has 0 amide bonds. The van der Waals surface area contributed by atoms with E-state index in [1.807, 2.05) is 0 Å². The van der Waals surface area contributed by atoms with Crippen molar-refractivity contribution in [1.29, 1.82) is 0 Å². The van der Waals surface area contributed by atoms with Gasteiger partial charge >= 0.3 is 347 Å². The summed E-state index contributed by atoms with van der Waals surface area (Å²) in [6.45, 7) is 29.2. The average Bonchev–Trinajstić information content (AvgIpc) is 3.79. The number of rotatable bonds is 4. The molecule has 0 aromatic heterocycles. The van der Waals surface area contributed by atoms with Gasteiger partial charge in [0.1, 0.15) is 0 Å². The summed E-state index contributed by atoms with van der Waals surface area (Å²) in [6, 6.07) is 40.3. The Morgan fingerprint density at radius 2 is 0.931 bits per heavy atom. The molecular formula is C55H60Cl2Zr. The molecule has 298 valence electrons. The van der Waals surface area contributed by atoms with Crippen LogP contribution in [-0.4, -0.2) is 3.21 Å². The van der Waals surface area contributed by atoms with Crippen LogP contribution in [0.3, 0.4) is 0 Å². The van der Waals surface area contributed by atoms with Crippen LogP contribution in [0.1, 0.15) is 128 Å². The Morgan fingerprint density at radius 3 is 1.40 bits per heavy atom. The van der Waals surface area contributed by atoms with Crippen LogP contribution in [0.25, 0.3) is 32.7 Å². The zero-order valence-corrected chi connectivity index (χ0v) is 40.6. The summed E-state index contributed by atoms with van der Waals surface area (Å²) in [6.07, 6.45) is 10.8. The molecule has 0 nitrogen and oxygen atoms in total. The molecule has 0 saturated heterocycles. The van der Waals surface area contributed by atoms with Gasteiger partial charge in [0.2, 0.25) is 0 Å². The van der Waals surface area contributed by atoms with E-state index in [1.54, 1.807) is 17.6 Å². The minimum atomic E-state index is -3.06. The molecule has 0 heterocycles. The van der Waals surface area contributed by atoms with Gasteiger partial charge < -0.3 is 24.8 Å². The maximum Gasteiger partial charge on any atom is -1.00 e. The van der Waals surface area contributed by atoms with Crippen molar-refractivity contribution in [2.24, 2.45) is 0 Å². The Kier molecular flexibility index (Phi) is 12.1. The molecule has 0 atom stereocenters. The largest absolute Gasteiger partial charge is 1.00 e. The predicted molar refractivity (Wildman–Crippen MR) is 242 cm³/mol. The molecule has 58 heavy (non-hydrogen) atoms. The first kappa shape index (κ1) is 44.2. The minimum absolute atomic E-state index is 0. The van der Waals surface area contributed by atoms with Crippen molar-refractivity contribution >= 4 is 28.0 Å². The molecule has 0 N–H and O–H groups in total. The molecule has 0 saturated carbocycles. The molecule has 0 fully saturated rings. The molecule has 0 radical (unpaired) electrons. The van der Waals surface area contributed by atoms with E-state index in [4.69, 9.17) is 0 Å². The molecule has 6 aromatic rings. The summed E-state index contributed by atoms with van der Waals surface area (Å²) in [4.78, 5) is 0. The van der Waals surface area contributed by atoms with Crippen molar-refractivity contribution in [3.63, 3.8) is 0 Å². The predicted octanol–water partition coefficient (Wildman–Crippen LogP) is 8.19. The van der Waals surface area contributed by atoms with E-state index < -0.39 is 21.3 Å². The van der Waals surface area contributed by atoms with E-state index in [0.717, 1.165) is 6.42 Å². The summed E-state index contributed by atoms with van der Waals surface area (Å²) >= 11 is -3.06. The van der Waals surface area contributed by atoms with Crippen LogP contribution in [0.4, 0.5) is 0 Å². The zero-order chi connectivity index (χ0) is 39.9. The number of hydrogen-bond donors (Lipinski definition) is 0. The van der Waals surface area contributed by atoms with Crippen molar-refractivity contribution in [2.75, 3.05) is 0 Å². The van der Waals surface area contributed by atoms with Crippen molar-refractivity contribution in [3.8, 4) is 11.1 Å². The summed E-state index contributed by atoms with van der Waals surface area (Å²) in [5.74, 6) is 0. The van der Waals surface area contributed by atoms with Crippen molar-refractivity contribution in [1.82, 2.24) is 0 Å². The van der Waals surface area contributed by atoms with E-state index >= 15 is 0 Å². The smallest absolute Gasteiger partial charge is 1.00 e. The van der Waals surface area contributed by atoms with E-state index in [1.165, 1.54) is 66.1 Å².